The molecule has 0 radical (unpaired) electrons. The summed E-state index contributed by atoms with van der Waals surface area (Å²) in [5.41, 5.74) is 4.11. The van der Waals surface area contributed by atoms with Gasteiger partial charge < -0.3 is 4.90 Å². The fourth-order valence-electron chi connectivity index (χ4n) is 1.99. The van der Waals surface area contributed by atoms with Crippen molar-refractivity contribution < 1.29 is 0 Å². The Morgan fingerprint density at radius 2 is 1.84 bits per heavy atom. The maximum absolute atomic E-state index is 9.24. The van der Waals surface area contributed by atoms with Crippen molar-refractivity contribution in [3.05, 3.63) is 63.6 Å². The minimum atomic E-state index is 0.678. The van der Waals surface area contributed by atoms with Gasteiger partial charge in [-0.3, -0.25) is 0 Å². The summed E-state index contributed by atoms with van der Waals surface area (Å²) in [7, 11) is 2.00. The van der Waals surface area contributed by atoms with Gasteiger partial charge in [-0.2, -0.15) is 5.26 Å². The number of halogens is 1. The average Bonchev–Trinajstić information content (AvgIpc) is 2.41. The number of hydrogen-bond acceptors (Lipinski definition) is 2. The zero-order valence-corrected chi connectivity index (χ0v) is 12.6. The maximum Gasteiger partial charge on any atom is 0.103 e. The molecule has 0 unspecified atom stereocenters. The molecule has 0 aromatic heterocycles. The van der Waals surface area contributed by atoms with E-state index < -0.39 is 0 Å². The number of aryl methyl sites for hydroxylation is 1. The minimum absolute atomic E-state index is 0.678. The molecule has 2 aromatic carbocycles. The molecular formula is C16H15BrN2. The highest BCUT2D eigenvalue weighted by molar-refractivity contribution is 9.10. The van der Waals surface area contributed by atoms with Gasteiger partial charge in [0.25, 0.3) is 0 Å². The normalized spacial score (nSPS) is 10.0. The molecule has 3 heteroatoms. The highest BCUT2D eigenvalue weighted by atomic mass is 79.9. The summed E-state index contributed by atoms with van der Waals surface area (Å²) in [6, 6.07) is 16.5. The number of rotatable bonds is 3. The van der Waals surface area contributed by atoms with Crippen LogP contribution in [0.25, 0.3) is 0 Å². The second-order valence-corrected chi connectivity index (χ2v) is 5.44. The molecule has 0 N–H and O–H groups in total. The smallest absolute Gasteiger partial charge is 0.103 e. The first-order chi connectivity index (χ1) is 9.11. The molecule has 2 nitrogen and oxygen atoms in total. The second kappa shape index (κ2) is 5.90. The minimum Gasteiger partial charge on any atom is -0.369 e. The second-order valence-electron chi connectivity index (χ2n) is 4.59. The molecule has 0 fully saturated rings. The standard InChI is InChI=1S/C16H15BrN2/c1-12-6-8-13(9-7-12)11-19(2)16-5-3-4-15(17)14(16)10-18/h3-9H,11H2,1-2H3. The molecule has 96 valence electrons. The summed E-state index contributed by atoms with van der Waals surface area (Å²) < 4.78 is 0.836. The van der Waals surface area contributed by atoms with E-state index in [1.807, 2.05) is 25.2 Å². The van der Waals surface area contributed by atoms with Crippen molar-refractivity contribution in [1.82, 2.24) is 0 Å². The topological polar surface area (TPSA) is 27.0 Å². The van der Waals surface area contributed by atoms with Crippen molar-refractivity contribution in [3.63, 3.8) is 0 Å². The van der Waals surface area contributed by atoms with Gasteiger partial charge in [0.15, 0.2) is 0 Å². The molecule has 0 aliphatic carbocycles. The lowest BCUT2D eigenvalue weighted by Gasteiger charge is -2.21. The highest BCUT2D eigenvalue weighted by Crippen LogP contribution is 2.27. The van der Waals surface area contributed by atoms with E-state index in [9.17, 15) is 5.26 Å². The monoisotopic (exact) mass is 314 g/mol. The van der Waals surface area contributed by atoms with Gasteiger partial charge in [0.05, 0.1) is 11.3 Å². The Labute approximate surface area is 122 Å². The number of nitriles is 1. The van der Waals surface area contributed by atoms with E-state index in [0.29, 0.717) is 5.56 Å². The molecule has 2 aromatic rings. The van der Waals surface area contributed by atoms with Crippen LogP contribution >= 0.6 is 15.9 Å². The fourth-order valence-corrected chi connectivity index (χ4v) is 2.44. The Kier molecular flexibility index (Phi) is 4.24. The zero-order valence-electron chi connectivity index (χ0n) is 11.0. The van der Waals surface area contributed by atoms with Crippen LogP contribution in [-0.4, -0.2) is 7.05 Å². The molecule has 0 saturated heterocycles. The third-order valence-corrected chi connectivity index (χ3v) is 3.72. The summed E-state index contributed by atoms with van der Waals surface area (Å²) in [6.45, 7) is 2.86. The van der Waals surface area contributed by atoms with E-state index in [0.717, 1.165) is 16.7 Å². The van der Waals surface area contributed by atoms with Gasteiger partial charge in [0.2, 0.25) is 0 Å². The largest absolute Gasteiger partial charge is 0.369 e. The van der Waals surface area contributed by atoms with Gasteiger partial charge in [-0.15, -0.1) is 0 Å². The Morgan fingerprint density at radius 1 is 1.16 bits per heavy atom. The van der Waals surface area contributed by atoms with Crippen molar-refractivity contribution in [1.29, 1.82) is 5.26 Å². The number of benzene rings is 2. The van der Waals surface area contributed by atoms with Crippen molar-refractivity contribution >= 4 is 21.6 Å². The predicted octanol–water partition coefficient (Wildman–Crippen LogP) is 4.27. The Hall–Kier alpha value is -1.79. The lowest BCUT2D eigenvalue weighted by molar-refractivity contribution is 0.919. The molecule has 2 rings (SSSR count). The van der Waals surface area contributed by atoms with Crippen molar-refractivity contribution in [2.45, 2.75) is 13.5 Å². The van der Waals surface area contributed by atoms with Crippen LogP contribution in [0.15, 0.2) is 46.9 Å². The van der Waals surface area contributed by atoms with Crippen LogP contribution in [0.5, 0.6) is 0 Å². The maximum atomic E-state index is 9.24. The number of hydrogen-bond donors (Lipinski definition) is 0. The summed E-state index contributed by atoms with van der Waals surface area (Å²) in [5, 5.41) is 9.24. The Morgan fingerprint density at radius 3 is 2.47 bits per heavy atom. The molecule has 0 atom stereocenters. The molecule has 0 saturated carbocycles. The molecule has 0 aliphatic rings. The van der Waals surface area contributed by atoms with E-state index in [4.69, 9.17) is 0 Å². The summed E-state index contributed by atoms with van der Waals surface area (Å²) in [6.07, 6.45) is 0. The number of anilines is 1. The molecule has 19 heavy (non-hydrogen) atoms. The van der Waals surface area contributed by atoms with Crippen LogP contribution in [-0.2, 0) is 6.54 Å². The molecule has 0 spiro atoms. The van der Waals surface area contributed by atoms with E-state index >= 15 is 0 Å². The third kappa shape index (κ3) is 3.15. The first-order valence-electron chi connectivity index (χ1n) is 6.07. The van der Waals surface area contributed by atoms with Crippen LogP contribution in [0.1, 0.15) is 16.7 Å². The van der Waals surface area contributed by atoms with Crippen molar-refractivity contribution in [2.24, 2.45) is 0 Å². The van der Waals surface area contributed by atoms with Gasteiger partial charge in [-0.05, 0) is 40.5 Å². The Balaban J connectivity index is 2.25. The van der Waals surface area contributed by atoms with Crippen LogP contribution in [0.4, 0.5) is 5.69 Å². The lowest BCUT2D eigenvalue weighted by Crippen LogP contribution is -2.17. The van der Waals surface area contributed by atoms with E-state index in [-0.39, 0.29) is 0 Å². The summed E-state index contributed by atoms with van der Waals surface area (Å²) in [5.74, 6) is 0. The fraction of sp³-hybridized carbons (Fsp3) is 0.188. The lowest BCUT2D eigenvalue weighted by atomic mass is 10.1. The van der Waals surface area contributed by atoms with E-state index in [1.165, 1.54) is 11.1 Å². The highest BCUT2D eigenvalue weighted by Gasteiger charge is 2.10. The van der Waals surface area contributed by atoms with Crippen LogP contribution in [0.2, 0.25) is 0 Å². The SMILES string of the molecule is Cc1ccc(CN(C)c2cccc(Br)c2C#N)cc1. The first-order valence-corrected chi connectivity index (χ1v) is 6.86. The van der Waals surface area contributed by atoms with Gasteiger partial charge >= 0.3 is 0 Å². The molecule has 0 aliphatic heterocycles. The van der Waals surface area contributed by atoms with Crippen LogP contribution in [0, 0.1) is 18.3 Å². The Bertz CT molecular complexity index is 612. The first kappa shape index (κ1) is 13.6. The van der Waals surface area contributed by atoms with Crippen molar-refractivity contribution in [3.8, 4) is 6.07 Å². The quantitative estimate of drug-likeness (QED) is 0.846. The number of nitrogens with zero attached hydrogens (tertiary/aromatic N) is 2. The van der Waals surface area contributed by atoms with Crippen molar-refractivity contribution in [2.75, 3.05) is 11.9 Å². The van der Waals surface area contributed by atoms with E-state index in [1.54, 1.807) is 0 Å². The van der Waals surface area contributed by atoms with Crippen LogP contribution in [0.3, 0.4) is 0 Å². The van der Waals surface area contributed by atoms with E-state index in [2.05, 4.69) is 58.1 Å². The molecule has 0 amide bonds. The summed E-state index contributed by atoms with van der Waals surface area (Å²) in [4.78, 5) is 2.09. The zero-order chi connectivity index (χ0) is 13.8. The summed E-state index contributed by atoms with van der Waals surface area (Å²) >= 11 is 3.42. The molecule has 0 bridgehead atoms. The molecule has 0 heterocycles. The predicted molar refractivity (Wildman–Crippen MR) is 82.1 cm³/mol. The average molecular weight is 315 g/mol. The van der Waals surface area contributed by atoms with Gasteiger partial charge in [-0.25, -0.2) is 0 Å². The van der Waals surface area contributed by atoms with Gasteiger partial charge in [0.1, 0.15) is 6.07 Å². The van der Waals surface area contributed by atoms with Gasteiger partial charge in [0, 0.05) is 18.1 Å². The van der Waals surface area contributed by atoms with Gasteiger partial charge in [-0.1, -0.05) is 35.9 Å². The molecular weight excluding hydrogens is 300 g/mol. The third-order valence-electron chi connectivity index (χ3n) is 3.06. The van der Waals surface area contributed by atoms with Crippen LogP contribution < -0.4 is 4.90 Å².